The number of carbonyl (C=O) groups is 1. The molecule has 0 aliphatic carbocycles. The number of likely N-dealkylation sites (tertiary alicyclic amines) is 1. The number of carbonyl (C=O) groups excluding carboxylic acids is 1. The third-order valence-electron chi connectivity index (χ3n) is 3.46. The van der Waals surface area contributed by atoms with E-state index in [4.69, 9.17) is 0 Å². The number of thiol groups is 1. The van der Waals surface area contributed by atoms with E-state index < -0.39 is 0 Å². The first-order chi connectivity index (χ1) is 7.99. The summed E-state index contributed by atoms with van der Waals surface area (Å²) in [5.74, 6) is 1.26. The van der Waals surface area contributed by atoms with Crippen LogP contribution in [0.1, 0.15) is 24.2 Å². The first-order valence-electron chi connectivity index (χ1n) is 5.77. The van der Waals surface area contributed by atoms with Crippen molar-refractivity contribution in [2.24, 2.45) is 11.8 Å². The number of rotatable bonds is 1. The first kappa shape index (κ1) is 13.0. The van der Waals surface area contributed by atoms with Gasteiger partial charge in [-0.2, -0.15) is 0 Å². The van der Waals surface area contributed by atoms with Crippen molar-refractivity contribution in [2.75, 3.05) is 13.1 Å². The first-order valence-corrected chi connectivity index (χ1v) is 7.01. The summed E-state index contributed by atoms with van der Waals surface area (Å²) in [7, 11) is 0. The van der Waals surface area contributed by atoms with Crippen molar-refractivity contribution >= 4 is 34.5 Å². The van der Waals surface area contributed by atoms with Crippen LogP contribution in [0.4, 0.5) is 0 Å². The van der Waals surface area contributed by atoms with Crippen LogP contribution < -0.4 is 0 Å². The molecule has 0 bridgehead atoms. The van der Waals surface area contributed by atoms with E-state index in [-0.39, 0.29) is 5.91 Å². The Kier molecular flexibility index (Phi) is 3.83. The monoisotopic (exact) mass is 313 g/mol. The molecule has 1 aliphatic heterocycles. The molecule has 17 heavy (non-hydrogen) atoms. The minimum absolute atomic E-state index is 0.101. The van der Waals surface area contributed by atoms with Gasteiger partial charge in [-0.1, -0.05) is 13.8 Å². The summed E-state index contributed by atoms with van der Waals surface area (Å²) in [6.45, 7) is 6.09. The van der Waals surface area contributed by atoms with E-state index >= 15 is 0 Å². The molecule has 0 spiro atoms. The maximum Gasteiger partial charge on any atom is 0.255 e. The number of benzene rings is 1. The van der Waals surface area contributed by atoms with Crippen molar-refractivity contribution in [2.45, 2.75) is 18.7 Å². The third-order valence-corrected chi connectivity index (χ3v) is 4.43. The van der Waals surface area contributed by atoms with Crippen LogP contribution in [0.3, 0.4) is 0 Å². The Hall–Kier alpha value is -0.480. The summed E-state index contributed by atoms with van der Waals surface area (Å²) in [6.07, 6.45) is 0. The Balaban J connectivity index is 2.23. The quantitative estimate of drug-likeness (QED) is 0.787. The molecular formula is C13H16BrNOS. The van der Waals surface area contributed by atoms with Crippen molar-refractivity contribution in [1.82, 2.24) is 4.90 Å². The number of nitrogens with zero attached hydrogens (tertiary/aromatic N) is 1. The molecule has 1 aliphatic rings. The number of amides is 1. The summed E-state index contributed by atoms with van der Waals surface area (Å²) < 4.78 is 0.840. The van der Waals surface area contributed by atoms with Gasteiger partial charge >= 0.3 is 0 Å². The standard InChI is InChI=1S/C13H16BrNOS/c1-8-6-15(7-9(8)2)13(16)11-5-10(17)3-4-12(11)14/h3-5,8-9,17H,6-7H2,1-2H3. The lowest BCUT2D eigenvalue weighted by Crippen LogP contribution is -2.29. The van der Waals surface area contributed by atoms with Gasteiger partial charge in [0.2, 0.25) is 0 Å². The molecule has 0 saturated carbocycles. The molecule has 2 unspecified atom stereocenters. The second-order valence-corrected chi connectivity index (χ2v) is 6.20. The number of halogens is 1. The molecular weight excluding hydrogens is 298 g/mol. The highest BCUT2D eigenvalue weighted by Gasteiger charge is 2.30. The highest BCUT2D eigenvalue weighted by atomic mass is 79.9. The van der Waals surface area contributed by atoms with E-state index in [9.17, 15) is 4.79 Å². The third kappa shape index (κ3) is 2.68. The van der Waals surface area contributed by atoms with Crippen LogP contribution in [-0.4, -0.2) is 23.9 Å². The molecule has 2 atom stereocenters. The predicted molar refractivity (Wildman–Crippen MR) is 75.6 cm³/mol. The van der Waals surface area contributed by atoms with Crippen LogP contribution in [0.15, 0.2) is 27.6 Å². The van der Waals surface area contributed by atoms with Crippen molar-refractivity contribution in [3.8, 4) is 0 Å². The van der Waals surface area contributed by atoms with Crippen molar-refractivity contribution < 1.29 is 4.79 Å². The van der Waals surface area contributed by atoms with Crippen LogP contribution in [0.25, 0.3) is 0 Å². The Morgan fingerprint density at radius 3 is 2.53 bits per heavy atom. The summed E-state index contributed by atoms with van der Waals surface area (Å²) in [6, 6.07) is 5.57. The molecule has 92 valence electrons. The van der Waals surface area contributed by atoms with E-state index in [2.05, 4.69) is 42.4 Å². The lowest BCUT2D eigenvalue weighted by Gasteiger charge is -2.17. The zero-order chi connectivity index (χ0) is 12.6. The zero-order valence-corrected chi connectivity index (χ0v) is 12.5. The highest BCUT2D eigenvalue weighted by Crippen LogP contribution is 2.27. The summed E-state index contributed by atoms with van der Waals surface area (Å²) in [5.41, 5.74) is 0.707. The molecule has 0 radical (unpaired) electrons. The molecule has 1 amide bonds. The largest absolute Gasteiger partial charge is 0.338 e. The van der Waals surface area contributed by atoms with E-state index in [1.807, 2.05) is 23.1 Å². The van der Waals surface area contributed by atoms with Crippen molar-refractivity contribution in [3.05, 3.63) is 28.2 Å². The minimum Gasteiger partial charge on any atom is -0.338 e. The van der Waals surface area contributed by atoms with Crippen molar-refractivity contribution in [1.29, 1.82) is 0 Å². The Bertz CT molecular complexity index is 439. The molecule has 1 aromatic carbocycles. The maximum absolute atomic E-state index is 12.4. The van der Waals surface area contributed by atoms with Gasteiger partial charge in [-0.25, -0.2) is 0 Å². The average molecular weight is 314 g/mol. The van der Waals surface area contributed by atoms with Crippen LogP contribution in [0.5, 0.6) is 0 Å². The van der Waals surface area contributed by atoms with Gasteiger partial charge in [0.05, 0.1) is 5.56 Å². The molecule has 0 N–H and O–H groups in total. The van der Waals surface area contributed by atoms with E-state index in [1.54, 1.807) is 0 Å². The lowest BCUT2D eigenvalue weighted by atomic mass is 10.0. The summed E-state index contributed by atoms with van der Waals surface area (Å²) in [5, 5.41) is 0. The zero-order valence-electron chi connectivity index (χ0n) is 9.98. The molecule has 1 heterocycles. The van der Waals surface area contributed by atoms with Gasteiger partial charge in [-0.05, 0) is 46.0 Å². The molecule has 1 aromatic rings. The molecule has 4 heteroatoms. The molecule has 1 fully saturated rings. The van der Waals surface area contributed by atoms with Gasteiger partial charge in [0.15, 0.2) is 0 Å². The maximum atomic E-state index is 12.4. The molecule has 1 saturated heterocycles. The SMILES string of the molecule is CC1CN(C(=O)c2cc(S)ccc2Br)CC1C. The van der Waals surface area contributed by atoms with Gasteiger partial charge in [-0.3, -0.25) is 4.79 Å². The summed E-state index contributed by atoms with van der Waals surface area (Å²) in [4.78, 5) is 15.1. The van der Waals surface area contributed by atoms with Crippen LogP contribution >= 0.6 is 28.6 Å². The fraction of sp³-hybridized carbons (Fsp3) is 0.462. The smallest absolute Gasteiger partial charge is 0.255 e. The topological polar surface area (TPSA) is 20.3 Å². The van der Waals surface area contributed by atoms with Gasteiger partial charge in [0, 0.05) is 22.5 Å². The highest BCUT2D eigenvalue weighted by molar-refractivity contribution is 9.10. The van der Waals surface area contributed by atoms with Crippen LogP contribution in [0.2, 0.25) is 0 Å². The second-order valence-electron chi connectivity index (χ2n) is 4.83. The second kappa shape index (κ2) is 5.02. The van der Waals surface area contributed by atoms with Gasteiger partial charge in [0.1, 0.15) is 0 Å². The van der Waals surface area contributed by atoms with E-state index in [0.29, 0.717) is 17.4 Å². The fourth-order valence-corrected chi connectivity index (χ4v) is 2.76. The average Bonchev–Trinajstić information content (AvgIpc) is 2.62. The Morgan fingerprint density at radius 1 is 1.35 bits per heavy atom. The predicted octanol–water partition coefficient (Wildman–Crippen LogP) is 3.47. The van der Waals surface area contributed by atoms with Gasteiger partial charge in [0.25, 0.3) is 5.91 Å². The van der Waals surface area contributed by atoms with Crippen molar-refractivity contribution in [3.63, 3.8) is 0 Å². The molecule has 2 nitrogen and oxygen atoms in total. The van der Waals surface area contributed by atoms with E-state index in [1.165, 1.54) is 0 Å². The molecule has 2 rings (SSSR count). The fourth-order valence-electron chi connectivity index (χ4n) is 2.14. The lowest BCUT2D eigenvalue weighted by molar-refractivity contribution is 0.0784. The van der Waals surface area contributed by atoms with E-state index in [0.717, 1.165) is 22.5 Å². The Morgan fingerprint density at radius 2 is 1.94 bits per heavy atom. The Labute approximate surface area is 116 Å². The normalized spacial score (nSPS) is 24.1. The number of hydrogen-bond acceptors (Lipinski definition) is 2. The molecule has 0 aromatic heterocycles. The number of hydrogen-bond donors (Lipinski definition) is 1. The van der Waals surface area contributed by atoms with Crippen LogP contribution in [-0.2, 0) is 0 Å². The summed E-state index contributed by atoms with van der Waals surface area (Å²) >= 11 is 7.71. The van der Waals surface area contributed by atoms with Gasteiger partial charge in [-0.15, -0.1) is 12.6 Å². The van der Waals surface area contributed by atoms with Crippen LogP contribution in [0, 0.1) is 11.8 Å². The minimum atomic E-state index is 0.101. The van der Waals surface area contributed by atoms with Gasteiger partial charge < -0.3 is 4.90 Å².